The van der Waals surface area contributed by atoms with E-state index in [1.807, 2.05) is 28.2 Å². The maximum Gasteiger partial charge on any atom is 0.294 e. The minimum Gasteiger partial charge on any atom is -0.323 e. The van der Waals surface area contributed by atoms with Crippen LogP contribution in [0.15, 0.2) is 29.2 Å². The molecule has 0 heterocycles. The van der Waals surface area contributed by atoms with E-state index in [0.29, 0.717) is 5.56 Å². The molecule has 0 radical (unpaired) electrons. The third kappa shape index (κ3) is 11.8. The Morgan fingerprint density at radius 1 is 1.00 bits per heavy atom. The van der Waals surface area contributed by atoms with E-state index < -0.39 is 10.1 Å². The summed E-state index contributed by atoms with van der Waals surface area (Å²) in [4.78, 5) is -0.0278. The molecule has 0 saturated heterocycles. The molecule has 3 N–H and O–H groups in total. The van der Waals surface area contributed by atoms with E-state index >= 15 is 0 Å². The van der Waals surface area contributed by atoms with E-state index in [9.17, 15) is 8.42 Å². The van der Waals surface area contributed by atoms with E-state index in [4.69, 9.17) is 4.55 Å². The van der Waals surface area contributed by atoms with Crippen molar-refractivity contribution in [2.75, 3.05) is 28.2 Å². The fourth-order valence-electron chi connectivity index (χ4n) is 0.846. The largest absolute Gasteiger partial charge is 0.323 e. The van der Waals surface area contributed by atoms with Gasteiger partial charge >= 0.3 is 0 Å². The van der Waals surface area contributed by atoms with Crippen LogP contribution in [0.4, 0.5) is 0 Å². The zero-order valence-corrected chi connectivity index (χ0v) is 13.0. The zero-order chi connectivity index (χ0) is 13.9. The van der Waals surface area contributed by atoms with Crippen molar-refractivity contribution in [1.82, 2.24) is 10.6 Å². The van der Waals surface area contributed by atoms with Crippen LogP contribution in [0, 0.1) is 6.92 Å². The monoisotopic (exact) mass is 298 g/mol. The minimum absolute atomic E-state index is 0. The Kier molecular flexibility index (Phi) is 16.0. The number of nitrogens with one attached hydrogen (secondary N) is 2. The first-order valence-electron chi connectivity index (χ1n) is 5.05. The second-order valence-corrected chi connectivity index (χ2v) is 4.63. The molecule has 0 atom stereocenters. The van der Waals surface area contributed by atoms with Gasteiger partial charge < -0.3 is 10.6 Å². The number of hydrogen-bond acceptors (Lipinski definition) is 4. The number of benzene rings is 1. The Bertz CT molecular complexity index is 395. The fraction of sp³-hybridized carbons (Fsp3) is 0.455. The van der Waals surface area contributed by atoms with Crippen LogP contribution in [0.1, 0.15) is 5.56 Å². The Labute approximate surface area is 116 Å². The molecule has 7 heteroatoms. The second-order valence-electron chi connectivity index (χ2n) is 3.24. The van der Waals surface area contributed by atoms with Gasteiger partial charge in [0.1, 0.15) is 0 Å². The van der Waals surface area contributed by atoms with E-state index in [0.717, 1.165) is 0 Å². The van der Waals surface area contributed by atoms with E-state index in [1.54, 1.807) is 25.1 Å². The van der Waals surface area contributed by atoms with Gasteiger partial charge in [-0.25, -0.2) is 0 Å². The molecule has 0 unspecified atom stereocenters. The Hall–Kier alpha value is -0.660. The normalized spacial score (nSPS) is 9.00. The topological polar surface area (TPSA) is 78.4 Å². The molecule has 0 aliphatic heterocycles. The smallest absolute Gasteiger partial charge is 0.294 e. The molecule has 1 rings (SSSR count). The fourth-order valence-corrected chi connectivity index (χ4v) is 1.57. The summed E-state index contributed by atoms with van der Waals surface area (Å²) in [5.41, 5.74) is 0.551. The lowest BCUT2D eigenvalue weighted by molar-refractivity contribution is 0.482. The SMILES string of the molecule is CNC.CNC.Cc1ccccc1S(=O)(=O)O.Cl. The van der Waals surface area contributed by atoms with Crippen molar-refractivity contribution in [3.8, 4) is 0 Å². The zero-order valence-electron chi connectivity index (χ0n) is 11.4. The van der Waals surface area contributed by atoms with Gasteiger partial charge in [0, 0.05) is 0 Å². The second kappa shape index (κ2) is 12.8. The van der Waals surface area contributed by atoms with Crippen LogP contribution in [-0.2, 0) is 10.1 Å². The average Bonchev–Trinajstić information content (AvgIpc) is 2.19. The molecule has 0 aliphatic carbocycles. The van der Waals surface area contributed by atoms with Gasteiger partial charge in [0.15, 0.2) is 0 Å². The molecule has 0 aliphatic rings. The first-order valence-corrected chi connectivity index (χ1v) is 6.49. The Balaban J connectivity index is -0.000000276. The van der Waals surface area contributed by atoms with Gasteiger partial charge in [-0.1, -0.05) is 18.2 Å². The average molecular weight is 299 g/mol. The predicted octanol–water partition coefficient (Wildman–Crippen LogP) is 1.33. The molecule has 108 valence electrons. The first-order chi connectivity index (χ1) is 7.84. The van der Waals surface area contributed by atoms with Crippen LogP contribution < -0.4 is 10.6 Å². The van der Waals surface area contributed by atoms with Crippen molar-refractivity contribution >= 4 is 22.5 Å². The summed E-state index contributed by atoms with van der Waals surface area (Å²) in [6.45, 7) is 1.63. The highest BCUT2D eigenvalue weighted by molar-refractivity contribution is 7.85. The quantitative estimate of drug-likeness (QED) is 0.682. The van der Waals surface area contributed by atoms with E-state index in [1.165, 1.54) is 6.07 Å². The van der Waals surface area contributed by atoms with Gasteiger partial charge in [0.2, 0.25) is 0 Å². The van der Waals surface area contributed by atoms with Gasteiger partial charge in [-0.3, -0.25) is 4.55 Å². The molecule has 0 amide bonds. The molecule has 0 fully saturated rings. The maximum atomic E-state index is 10.6. The lowest BCUT2D eigenvalue weighted by Crippen LogP contribution is -1.99. The van der Waals surface area contributed by atoms with Crippen molar-refractivity contribution < 1.29 is 13.0 Å². The van der Waals surface area contributed by atoms with Crippen molar-refractivity contribution in [1.29, 1.82) is 0 Å². The molecule has 18 heavy (non-hydrogen) atoms. The van der Waals surface area contributed by atoms with Crippen molar-refractivity contribution in [3.63, 3.8) is 0 Å². The molecule has 0 saturated carbocycles. The van der Waals surface area contributed by atoms with Crippen LogP contribution in [0.5, 0.6) is 0 Å². The summed E-state index contributed by atoms with van der Waals surface area (Å²) >= 11 is 0. The highest BCUT2D eigenvalue weighted by Gasteiger charge is 2.10. The summed E-state index contributed by atoms with van der Waals surface area (Å²) in [6.07, 6.45) is 0. The summed E-state index contributed by atoms with van der Waals surface area (Å²) in [6, 6.07) is 6.27. The summed E-state index contributed by atoms with van der Waals surface area (Å²) in [5, 5.41) is 5.50. The third-order valence-corrected chi connectivity index (χ3v) is 2.39. The van der Waals surface area contributed by atoms with Crippen molar-refractivity contribution in [3.05, 3.63) is 29.8 Å². The van der Waals surface area contributed by atoms with Crippen LogP contribution in [-0.4, -0.2) is 41.2 Å². The predicted molar refractivity (Wildman–Crippen MR) is 78.2 cm³/mol. The van der Waals surface area contributed by atoms with Crippen molar-refractivity contribution in [2.45, 2.75) is 11.8 Å². The van der Waals surface area contributed by atoms with Crippen LogP contribution in [0.3, 0.4) is 0 Å². The lowest BCUT2D eigenvalue weighted by atomic mass is 10.2. The number of aryl methyl sites for hydroxylation is 1. The summed E-state index contributed by atoms with van der Waals surface area (Å²) in [5.74, 6) is 0. The maximum absolute atomic E-state index is 10.6. The molecule has 5 nitrogen and oxygen atoms in total. The molecule has 0 aromatic heterocycles. The van der Waals surface area contributed by atoms with E-state index in [2.05, 4.69) is 10.6 Å². The molecule has 0 spiro atoms. The van der Waals surface area contributed by atoms with Gasteiger partial charge in [-0.2, -0.15) is 8.42 Å². The minimum atomic E-state index is -4.03. The molecular formula is C11H23ClN2O3S. The van der Waals surface area contributed by atoms with Crippen LogP contribution >= 0.6 is 12.4 Å². The molecule has 1 aromatic rings. The number of rotatable bonds is 1. The summed E-state index contributed by atoms with van der Waals surface area (Å²) < 4.78 is 29.9. The van der Waals surface area contributed by atoms with Crippen LogP contribution in [0.2, 0.25) is 0 Å². The molecule has 0 bridgehead atoms. The van der Waals surface area contributed by atoms with Gasteiger partial charge in [-0.05, 0) is 46.7 Å². The lowest BCUT2D eigenvalue weighted by Gasteiger charge is -1.99. The van der Waals surface area contributed by atoms with Crippen LogP contribution in [0.25, 0.3) is 0 Å². The first kappa shape index (κ1) is 22.5. The number of hydrogen-bond donors (Lipinski definition) is 3. The third-order valence-electron chi connectivity index (χ3n) is 1.37. The number of halogens is 1. The summed E-state index contributed by atoms with van der Waals surface area (Å²) in [7, 11) is 3.47. The molecule has 1 aromatic carbocycles. The van der Waals surface area contributed by atoms with Gasteiger partial charge in [0.25, 0.3) is 10.1 Å². The molecular weight excluding hydrogens is 276 g/mol. The Morgan fingerprint density at radius 3 is 1.56 bits per heavy atom. The highest BCUT2D eigenvalue weighted by Crippen LogP contribution is 2.12. The standard InChI is InChI=1S/C7H8O3S.2C2H7N.ClH/c1-6-4-2-3-5-7(6)11(8,9)10;2*1-3-2;/h2-5H,1H3,(H,8,9,10);2*3H,1-2H3;1H. The van der Waals surface area contributed by atoms with Gasteiger partial charge in [-0.15, -0.1) is 12.4 Å². The van der Waals surface area contributed by atoms with Crippen molar-refractivity contribution in [2.24, 2.45) is 0 Å². The Morgan fingerprint density at radius 2 is 1.33 bits per heavy atom. The van der Waals surface area contributed by atoms with E-state index in [-0.39, 0.29) is 17.3 Å². The van der Waals surface area contributed by atoms with Gasteiger partial charge in [0.05, 0.1) is 4.90 Å². The highest BCUT2D eigenvalue weighted by atomic mass is 35.5.